The van der Waals surface area contributed by atoms with Crippen molar-refractivity contribution in [1.82, 2.24) is 10.3 Å². The molecule has 4 heteroatoms. The first kappa shape index (κ1) is 13.2. The van der Waals surface area contributed by atoms with Crippen molar-refractivity contribution < 1.29 is 4.79 Å². The van der Waals surface area contributed by atoms with E-state index in [1.54, 1.807) is 24.2 Å². The van der Waals surface area contributed by atoms with Gasteiger partial charge in [-0.1, -0.05) is 23.8 Å². The fourth-order valence-corrected chi connectivity index (χ4v) is 3.60. The van der Waals surface area contributed by atoms with Crippen LogP contribution in [-0.4, -0.2) is 16.1 Å². The van der Waals surface area contributed by atoms with E-state index in [9.17, 15) is 4.79 Å². The molecule has 1 aliphatic heterocycles. The van der Waals surface area contributed by atoms with Gasteiger partial charge in [0, 0.05) is 23.8 Å². The number of fused-ring (bicyclic) bond motifs is 1. The first-order chi connectivity index (χ1) is 9.72. The van der Waals surface area contributed by atoms with Crippen molar-refractivity contribution in [3.63, 3.8) is 0 Å². The number of nitrogens with one attached hydrogen (secondary N) is 1. The molecule has 1 amide bonds. The van der Waals surface area contributed by atoms with Crippen molar-refractivity contribution in [3.8, 4) is 0 Å². The van der Waals surface area contributed by atoms with Crippen LogP contribution in [0.4, 0.5) is 0 Å². The van der Waals surface area contributed by atoms with Crippen LogP contribution in [0.1, 0.15) is 16.7 Å². The summed E-state index contributed by atoms with van der Waals surface area (Å²) in [6.07, 6.45) is 4.33. The van der Waals surface area contributed by atoms with Crippen LogP contribution in [0.15, 0.2) is 47.6 Å². The van der Waals surface area contributed by atoms with Crippen LogP contribution in [0, 0.1) is 6.92 Å². The van der Waals surface area contributed by atoms with Crippen LogP contribution >= 0.6 is 11.8 Å². The molecule has 1 aromatic heterocycles. The summed E-state index contributed by atoms with van der Waals surface area (Å²) in [4.78, 5) is 17.5. The summed E-state index contributed by atoms with van der Waals surface area (Å²) < 4.78 is 0. The minimum atomic E-state index is -0.0107. The highest BCUT2D eigenvalue weighted by Crippen LogP contribution is 2.37. The number of rotatable bonds is 3. The minimum Gasteiger partial charge on any atom is -0.351 e. The Kier molecular flexibility index (Phi) is 3.74. The van der Waals surface area contributed by atoms with Crippen LogP contribution in [-0.2, 0) is 17.8 Å². The van der Waals surface area contributed by atoms with Gasteiger partial charge in [-0.05, 0) is 36.6 Å². The molecule has 2 heterocycles. The van der Waals surface area contributed by atoms with Crippen LogP contribution in [0.3, 0.4) is 0 Å². The van der Waals surface area contributed by atoms with E-state index in [0.717, 1.165) is 12.0 Å². The number of benzene rings is 1. The van der Waals surface area contributed by atoms with E-state index >= 15 is 0 Å². The lowest BCUT2D eigenvalue weighted by Crippen LogP contribution is -2.31. The zero-order chi connectivity index (χ0) is 13.9. The van der Waals surface area contributed by atoms with Gasteiger partial charge >= 0.3 is 0 Å². The number of amides is 1. The smallest absolute Gasteiger partial charge is 0.234 e. The van der Waals surface area contributed by atoms with E-state index in [-0.39, 0.29) is 11.2 Å². The molecule has 0 unspecified atom stereocenters. The molecule has 1 atom stereocenters. The quantitative estimate of drug-likeness (QED) is 0.942. The zero-order valence-corrected chi connectivity index (χ0v) is 12.1. The minimum absolute atomic E-state index is 0.0107. The summed E-state index contributed by atoms with van der Waals surface area (Å²) in [5.41, 5.74) is 3.55. The predicted molar refractivity (Wildman–Crippen MR) is 80.6 cm³/mol. The average Bonchev–Trinajstić information content (AvgIpc) is 2.89. The Morgan fingerprint density at radius 3 is 3.15 bits per heavy atom. The molecule has 3 nitrogen and oxygen atoms in total. The molecule has 0 saturated heterocycles. The standard InChI is InChI=1S/C16H16N2OS/c1-11-4-5-13-8-15(20-14(13)7-11)16(19)18-10-12-3-2-6-17-9-12/h2-7,9,15H,8,10H2,1H3,(H,18,19)/t15-/m1/s1. The van der Waals surface area contributed by atoms with Gasteiger partial charge in [-0.25, -0.2) is 0 Å². The number of aryl methyl sites for hydroxylation is 1. The first-order valence-electron chi connectivity index (χ1n) is 6.65. The molecule has 1 aliphatic rings. The van der Waals surface area contributed by atoms with Gasteiger partial charge < -0.3 is 5.32 Å². The predicted octanol–water partition coefficient (Wildman–Crippen LogP) is 2.72. The topological polar surface area (TPSA) is 42.0 Å². The van der Waals surface area contributed by atoms with Gasteiger partial charge in [-0.15, -0.1) is 11.8 Å². The Morgan fingerprint density at radius 1 is 1.45 bits per heavy atom. The summed E-state index contributed by atoms with van der Waals surface area (Å²) >= 11 is 1.67. The molecule has 20 heavy (non-hydrogen) atoms. The Balaban J connectivity index is 1.60. The van der Waals surface area contributed by atoms with Crippen LogP contribution in [0.5, 0.6) is 0 Å². The molecule has 0 bridgehead atoms. The van der Waals surface area contributed by atoms with Crippen molar-refractivity contribution >= 4 is 17.7 Å². The molecule has 1 N–H and O–H groups in total. The average molecular weight is 284 g/mol. The molecular weight excluding hydrogens is 268 g/mol. The number of pyridine rings is 1. The summed E-state index contributed by atoms with van der Waals surface area (Å²) in [6.45, 7) is 2.62. The molecule has 2 aromatic rings. The highest BCUT2D eigenvalue weighted by molar-refractivity contribution is 8.01. The fraction of sp³-hybridized carbons (Fsp3) is 0.250. The Bertz CT molecular complexity index is 628. The first-order valence-corrected chi connectivity index (χ1v) is 7.53. The molecule has 0 saturated carbocycles. The van der Waals surface area contributed by atoms with Gasteiger partial charge in [0.15, 0.2) is 0 Å². The number of carbonyl (C=O) groups excluding carboxylic acids is 1. The van der Waals surface area contributed by atoms with E-state index in [1.807, 2.05) is 12.1 Å². The lowest BCUT2D eigenvalue weighted by Gasteiger charge is -2.09. The molecule has 1 aromatic carbocycles. The maximum absolute atomic E-state index is 12.2. The number of nitrogens with zero attached hydrogens (tertiary/aromatic N) is 1. The van der Waals surface area contributed by atoms with E-state index in [1.165, 1.54) is 16.0 Å². The molecule has 0 fully saturated rings. The van der Waals surface area contributed by atoms with Crippen molar-refractivity contribution in [2.45, 2.75) is 30.0 Å². The summed E-state index contributed by atoms with van der Waals surface area (Å²) in [6, 6.07) is 10.2. The monoisotopic (exact) mass is 284 g/mol. The van der Waals surface area contributed by atoms with E-state index in [0.29, 0.717) is 6.54 Å². The molecule has 0 spiro atoms. The lowest BCUT2D eigenvalue weighted by atomic mass is 10.1. The van der Waals surface area contributed by atoms with Crippen molar-refractivity contribution in [2.75, 3.05) is 0 Å². The second kappa shape index (κ2) is 5.67. The Hall–Kier alpha value is -1.81. The lowest BCUT2D eigenvalue weighted by molar-refractivity contribution is -0.120. The van der Waals surface area contributed by atoms with Crippen molar-refractivity contribution in [2.24, 2.45) is 0 Å². The van der Waals surface area contributed by atoms with Gasteiger partial charge in [-0.3, -0.25) is 9.78 Å². The summed E-state index contributed by atoms with van der Waals surface area (Å²) in [7, 11) is 0. The summed E-state index contributed by atoms with van der Waals surface area (Å²) in [5, 5.41) is 2.98. The van der Waals surface area contributed by atoms with Gasteiger partial charge in [0.25, 0.3) is 0 Å². The molecular formula is C16H16N2OS. The van der Waals surface area contributed by atoms with Crippen molar-refractivity contribution in [1.29, 1.82) is 0 Å². The van der Waals surface area contributed by atoms with E-state index < -0.39 is 0 Å². The number of thioether (sulfide) groups is 1. The van der Waals surface area contributed by atoms with Crippen LogP contribution in [0.2, 0.25) is 0 Å². The van der Waals surface area contributed by atoms with Gasteiger partial charge in [0.05, 0.1) is 5.25 Å². The summed E-state index contributed by atoms with van der Waals surface area (Å²) in [5.74, 6) is 0.104. The second-order valence-corrected chi connectivity index (χ2v) is 6.25. The van der Waals surface area contributed by atoms with Crippen molar-refractivity contribution in [3.05, 3.63) is 59.4 Å². The highest BCUT2D eigenvalue weighted by Gasteiger charge is 2.27. The van der Waals surface area contributed by atoms with Gasteiger partial charge in [-0.2, -0.15) is 0 Å². The SMILES string of the molecule is Cc1ccc2c(c1)S[C@@H](C(=O)NCc1cccnc1)C2. The maximum Gasteiger partial charge on any atom is 0.234 e. The fourth-order valence-electron chi connectivity index (χ4n) is 2.29. The Morgan fingerprint density at radius 2 is 2.35 bits per heavy atom. The van der Waals surface area contributed by atoms with Gasteiger partial charge in [0.2, 0.25) is 5.91 Å². The number of hydrogen-bond donors (Lipinski definition) is 1. The number of aromatic nitrogens is 1. The third-order valence-corrected chi connectivity index (χ3v) is 4.68. The molecule has 0 aliphatic carbocycles. The third-order valence-electron chi connectivity index (χ3n) is 3.38. The van der Waals surface area contributed by atoms with Crippen LogP contribution < -0.4 is 5.32 Å². The van der Waals surface area contributed by atoms with E-state index in [2.05, 4.69) is 35.4 Å². The normalized spacial score (nSPS) is 16.8. The van der Waals surface area contributed by atoms with E-state index in [4.69, 9.17) is 0 Å². The molecule has 3 rings (SSSR count). The van der Waals surface area contributed by atoms with Gasteiger partial charge in [0.1, 0.15) is 0 Å². The zero-order valence-electron chi connectivity index (χ0n) is 11.3. The third kappa shape index (κ3) is 2.85. The number of hydrogen-bond acceptors (Lipinski definition) is 3. The second-order valence-electron chi connectivity index (χ2n) is 5.00. The molecule has 102 valence electrons. The maximum atomic E-state index is 12.2. The Labute approximate surface area is 122 Å². The number of carbonyl (C=O) groups is 1. The highest BCUT2D eigenvalue weighted by atomic mass is 32.2. The van der Waals surface area contributed by atoms with Crippen LogP contribution in [0.25, 0.3) is 0 Å². The largest absolute Gasteiger partial charge is 0.351 e. The molecule has 0 radical (unpaired) electrons.